The Bertz CT molecular complexity index is 3040. The summed E-state index contributed by atoms with van der Waals surface area (Å²) in [6.07, 6.45) is 3.69. The molecule has 0 aliphatic rings. The number of benzene rings is 6. The van der Waals surface area contributed by atoms with E-state index in [4.69, 9.17) is 15.0 Å². The number of aromatic hydroxyl groups is 1. The summed E-state index contributed by atoms with van der Waals surface area (Å²) in [5.41, 5.74) is 13.8. The van der Waals surface area contributed by atoms with Crippen LogP contribution in [0.5, 0.6) is 5.75 Å². The predicted octanol–water partition coefficient (Wildman–Crippen LogP) is 12.5. The average molecular weight is 913 g/mol. The van der Waals surface area contributed by atoms with Gasteiger partial charge in [0.2, 0.25) is 0 Å². The van der Waals surface area contributed by atoms with Crippen molar-refractivity contribution in [2.24, 2.45) is 0 Å². The van der Waals surface area contributed by atoms with Crippen LogP contribution in [0.1, 0.15) is 0 Å². The Morgan fingerprint density at radius 3 is 1.89 bits per heavy atom. The molecule has 57 heavy (non-hydrogen) atoms. The van der Waals surface area contributed by atoms with Gasteiger partial charge in [-0.05, 0) is 71.3 Å². The molecule has 0 radical (unpaired) electrons. The van der Waals surface area contributed by atoms with Crippen molar-refractivity contribution in [2.45, 2.75) is 0 Å². The van der Waals surface area contributed by atoms with E-state index in [0.717, 1.165) is 72.7 Å². The molecule has 5 nitrogen and oxygen atoms in total. The van der Waals surface area contributed by atoms with Gasteiger partial charge in [0.05, 0.1) is 22.4 Å². The van der Waals surface area contributed by atoms with Gasteiger partial charge in [-0.15, -0.1) is 18.2 Å². The number of pyridine rings is 3. The minimum Gasteiger partial charge on any atom is -0.507 e. The van der Waals surface area contributed by atoms with Crippen molar-refractivity contribution in [1.82, 2.24) is 19.5 Å². The second kappa shape index (κ2) is 15.3. The maximum absolute atomic E-state index is 10.9. The molecule has 0 fully saturated rings. The molecular weight excluding hydrogens is 880 g/mol. The molecular formula is C51H33N4OPt-. The SMILES string of the molecule is Oc1ccccc1-c1cc(-c2ccccc2)cc(-c2[c-]c(-c3cc(-c4cccc5c6ccccc6n(-c6ccccc6)c45)ccn3)cc(-c3ccccn3)c2)n1.[Pt]. The van der Waals surface area contributed by atoms with Crippen LogP contribution in [0, 0.1) is 6.07 Å². The predicted molar refractivity (Wildman–Crippen MR) is 227 cm³/mol. The fraction of sp³-hybridized carbons (Fsp3) is 0. The fourth-order valence-electron chi connectivity index (χ4n) is 7.66. The third-order valence-corrected chi connectivity index (χ3v) is 10.3. The van der Waals surface area contributed by atoms with Crippen LogP contribution in [0.4, 0.5) is 0 Å². The van der Waals surface area contributed by atoms with Crippen LogP contribution in [0.3, 0.4) is 0 Å². The summed E-state index contributed by atoms with van der Waals surface area (Å²) in [5.74, 6) is 0.172. The summed E-state index contributed by atoms with van der Waals surface area (Å²) < 4.78 is 2.36. The van der Waals surface area contributed by atoms with Crippen molar-refractivity contribution in [2.75, 3.05) is 0 Å². The zero-order valence-electron chi connectivity index (χ0n) is 30.5. The summed E-state index contributed by atoms with van der Waals surface area (Å²) in [4.78, 5) is 14.8. The van der Waals surface area contributed by atoms with Crippen LogP contribution in [-0.4, -0.2) is 24.6 Å². The third-order valence-electron chi connectivity index (χ3n) is 10.3. The number of hydrogen-bond donors (Lipinski definition) is 1. The Labute approximate surface area is 344 Å². The summed E-state index contributed by atoms with van der Waals surface area (Å²) in [7, 11) is 0. The van der Waals surface area contributed by atoms with Gasteiger partial charge in [-0.25, -0.2) is 0 Å². The average Bonchev–Trinajstić information content (AvgIpc) is 3.62. The van der Waals surface area contributed by atoms with E-state index in [2.05, 4.69) is 126 Å². The normalized spacial score (nSPS) is 11.1. The Hall–Kier alpha value is -6.94. The Morgan fingerprint density at radius 2 is 1.09 bits per heavy atom. The first-order valence-corrected chi connectivity index (χ1v) is 18.6. The van der Waals surface area contributed by atoms with E-state index >= 15 is 0 Å². The molecule has 0 saturated heterocycles. The monoisotopic (exact) mass is 912 g/mol. The second-order valence-corrected chi connectivity index (χ2v) is 13.7. The van der Waals surface area contributed by atoms with E-state index in [1.807, 2.05) is 66.9 Å². The molecule has 6 aromatic carbocycles. The molecule has 274 valence electrons. The maximum Gasteiger partial charge on any atom is 0.124 e. The standard InChI is InChI=1S/C51H33N4O.Pt/c56-50-24-10-8-19-44(50)48-33-36(34-14-3-1-4-15-34)32-47(54-48)39-29-37(45-22-11-12-26-52-45)28-38(30-39)46-31-35(25-27-53-46)41-20-13-21-43-42-18-7-9-23-49(42)55(51(41)43)40-16-5-2-6-17-40;/h1-29,31-33,56H;/q-1;. The Morgan fingerprint density at radius 1 is 0.439 bits per heavy atom. The molecule has 0 spiro atoms. The summed E-state index contributed by atoms with van der Waals surface area (Å²) in [5, 5.41) is 13.3. The van der Waals surface area contributed by atoms with E-state index in [9.17, 15) is 5.11 Å². The van der Waals surface area contributed by atoms with Crippen LogP contribution in [0.2, 0.25) is 0 Å². The summed E-state index contributed by atoms with van der Waals surface area (Å²) in [6.45, 7) is 0. The van der Waals surface area contributed by atoms with E-state index in [1.54, 1.807) is 12.3 Å². The van der Waals surface area contributed by atoms with Gasteiger partial charge in [0.25, 0.3) is 0 Å². The second-order valence-electron chi connectivity index (χ2n) is 13.7. The van der Waals surface area contributed by atoms with Crippen LogP contribution < -0.4 is 0 Å². The van der Waals surface area contributed by atoms with Gasteiger partial charge >= 0.3 is 0 Å². The number of fused-ring (bicyclic) bond motifs is 3. The van der Waals surface area contributed by atoms with Crippen LogP contribution in [0.15, 0.2) is 194 Å². The molecule has 0 aliphatic heterocycles. The van der Waals surface area contributed by atoms with Crippen LogP contribution >= 0.6 is 0 Å². The Kier molecular flexibility index (Phi) is 9.59. The topological polar surface area (TPSA) is 63.8 Å². The van der Waals surface area contributed by atoms with Crippen LogP contribution in [0.25, 0.3) is 94.8 Å². The zero-order chi connectivity index (χ0) is 37.4. The molecule has 0 amide bonds. The molecule has 1 N–H and O–H groups in total. The molecule has 0 aliphatic carbocycles. The molecule has 4 heterocycles. The minimum absolute atomic E-state index is 0. The molecule has 0 unspecified atom stereocenters. The molecule has 4 aromatic heterocycles. The third kappa shape index (κ3) is 6.73. The van der Waals surface area contributed by atoms with Gasteiger partial charge in [-0.1, -0.05) is 132 Å². The molecule has 10 aromatic rings. The molecule has 0 atom stereocenters. The van der Waals surface area contributed by atoms with Gasteiger partial charge in [-0.2, -0.15) is 0 Å². The van der Waals surface area contributed by atoms with E-state index in [-0.39, 0.29) is 26.8 Å². The first-order valence-electron chi connectivity index (χ1n) is 18.6. The number of hydrogen-bond acceptors (Lipinski definition) is 4. The first kappa shape index (κ1) is 35.7. The van der Waals surface area contributed by atoms with Gasteiger partial charge in [-0.3, -0.25) is 15.0 Å². The van der Waals surface area contributed by atoms with E-state index in [1.165, 1.54) is 10.8 Å². The first-order chi connectivity index (χ1) is 27.7. The molecule has 0 bridgehead atoms. The molecule has 10 rings (SSSR count). The largest absolute Gasteiger partial charge is 0.507 e. The number of rotatable bonds is 7. The summed E-state index contributed by atoms with van der Waals surface area (Å²) in [6, 6.07) is 65.4. The number of phenols is 1. The molecule has 0 saturated carbocycles. The fourth-order valence-corrected chi connectivity index (χ4v) is 7.66. The van der Waals surface area contributed by atoms with Crippen molar-refractivity contribution in [3.05, 3.63) is 200 Å². The maximum atomic E-state index is 10.9. The van der Waals surface area contributed by atoms with Crippen molar-refractivity contribution >= 4 is 21.8 Å². The number of nitrogens with zero attached hydrogens (tertiary/aromatic N) is 4. The number of phenolic OH excluding ortho intramolecular Hbond substituents is 1. The van der Waals surface area contributed by atoms with E-state index in [0.29, 0.717) is 11.3 Å². The van der Waals surface area contributed by atoms with Gasteiger partial charge in [0.1, 0.15) is 5.75 Å². The van der Waals surface area contributed by atoms with Crippen molar-refractivity contribution in [3.8, 4) is 78.7 Å². The van der Waals surface area contributed by atoms with Gasteiger partial charge < -0.3 is 9.67 Å². The van der Waals surface area contributed by atoms with Crippen molar-refractivity contribution in [1.29, 1.82) is 0 Å². The smallest absolute Gasteiger partial charge is 0.124 e. The van der Waals surface area contributed by atoms with Crippen LogP contribution in [-0.2, 0) is 21.1 Å². The minimum atomic E-state index is 0. The number of aromatic nitrogens is 4. The van der Waals surface area contributed by atoms with Gasteiger partial charge in [0.15, 0.2) is 0 Å². The van der Waals surface area contributed by atoms with Crippen molar-refractivity contribution < 1.29 is 26.2 Å². The number of para-hydroxylation sites is 4. The summed E-state index contributed by atoms with van der Waals surface area (Å²) >= 11 is 0. The van der Waals surface area contributed by atoms with E-state index < -0.39 is 0 Å². The van der Waals surface area contributed by atoms with Gasteiger partial charge in [0, 0.05) is 72.4 Å². The van der Waals surface area contributed by atoms with Crippen molar-refractivity contribution in [3.63, 3.8) is 0 Å². The zero-order valence-corrected chi connectivity index (χ0v) is 32.8. The Balaban J connectivity index is 0.00000422. The quantitative estimate of drug-likeness (QED) is 0.162. The molecule has 6 heteroatoms.